The van der Waals surface area contributed by atoms with Gasteiger partial charge in [-0.15, -0.1) is 0 Å². The topological polar surface area (TPSA) is 60.2 Å². The fourth-order valence-corrected chi connectivity index (χ4v) is 3.15. The number of carbonyl (C=O) groups is 1. The van der Waals surface area contributed by atoms with Gasteiger partial charge in [0.25, 0.3) is 0 Å². The lowest BCUT2D eigenvalue weighted by Crippen LogP contribution is -2.35. The maximum absolute atomic E-state index is 14.1. The van der Waals surface area contributed by atoms with Gasteiger partial charge in [-0.1, -0.05) is 24.3 Å². The van der Waals surface area contributed by atoms with Gasteiger partial charge in [0.2, 0.25) is 0 Å². The zero-order valence-corrected chi connectivity index (χ0v) is 13.4. The number of rotatable bonds is 2. The summed E-state index contributed by atoms with van der Waals surface area (Å²) in [5, 5.41) is 11.1. The molecule has 1 aliphatic heterocycles. The van der Waals surface area contributed by atoms with E-state index < -0.39 is 23.7 Å². The van der Waals surface area contributed by atoms with Crippen molar-refractivity contribution in [2.45, 2.75) is 6.04 Å². The standard InChI is InChI=1S/C19H12F2N4O/c20-13-5-6-16(21)17(7-13)24-11-14(8-22)25(19(24)26)18-10-23-9-12-3-1-2-4-15(12)18/h1-7,9-10,14H,11H2/t14-/m1/s1. The number of urea groups is 1. The number of benzene rings is 2. The molecule has 128 valence electrons. The zero-order chi connectivity index (χ0) is 18.3. The van der Waals surface area contributed by atoms with Crippen LogP contribution in [0.25, 0.3) is 10.8 Å². The van der Waals surface area contributed by atoms with Crippen LogP contribution in [0.1, 0.15) is 0 Å². The molecule has 26 heavy (non-hydrogen) atoms. The van der Waals surface area contributed by atoms with E-state index in [4.69, 9.17) is 0 Å². The molecule has 3 aromatic rings. The molecule has 2 heterocycles. The number of carbonyl (C=O) groups excluding carboxylic acids is 1. The Balaban J connectivity index is 1.83. The van der Waals surface area contributed by atoms with Gasteiger partial charge in [0.1, 0.15) is 17.7 Å². The number of amides is 2. The Morgan fingerprint density at radius 2 is 1.92 bits per heavy atom. The smallest absolute Gasteiger partial charge is 0.288 e. The predicted molar refractivity (Wildman–Crippen MR) is 92.7 cm³/mol. The van der Waals surface area contributed by atoms with Gasteiger partial charge < -0.3 is 0 Å². The average Bonchev–Trinajstić information content (AvgIpc) is 2.99. The van der Waals surface area contributed by atoms with Crippen LogP contribution in [-0.2, 0) is 0 Å². The van der Waals surface area contributed by atoms with Crippen molar-refractivity contribution < 1.29 is 13.6 Å². The second-order valence-corrected chi connectivity index (χ2v) is 5.88. The van der Waals surface area contributed by atoms with Gasteiger partial charge in [0.15, 0.2) is 0 Å². The van der Waals surface area contributed by atoms with E-state index in [2.05, 4.69) is 11.1 Å². The third-order valence-corrected chi connectivity index (χ3v) is 4.36. The van der Waals surface area contributed by atoms with Crippen molar-refractivity contribution in [3.63, 3.8) is 0 Å². The summed E-state index contributed by atoms with van der Waals surface area (Å²) in [7, 11) is 0. The van der Waals surface area contributed by atoms with Crippen LogP contribution in [0, 0.1) is 23.0 Å². The number of pyridine rings is 1. The van der Waals surface area contributed by atoms with Crippen molar-refractivity contribution in [2.75, 3.05) is 16.3 Å². The maximum atomic E-state index is 14.1. The first-order valence-corrected chi connectivity index (χ1v) is 7.88. The number of nitrogens with zero attached hydrogens (tertiary/aromatic N) is 4. The van der Waals surface area contributed by atoms with Crippen LogP contribution in [0.3, 0.4) is 0 Å². The molecule has 1 atom stereocenters. The first-order valence-electron chi connectivity index (χ1n) is 7.88. The average molecular weight is 350 g/mol. The SMILES string of the molecule is N#C[C@@H]1CN(c2cc(F)ccc2F)C(=O)N1c1cncc2ccccc12. The molecular weight excluding hydrogens is 338 g/mol. The Morgan fingerprint density at radius 3 is 2.73 bits per heavy atom. The van der Waals surface area contributed by atoms with Gasteiger partial charge in [0, 0.05) is 23.0 Å². The van der Waals surface area contributed by atoms with Crippen LogP contribution in [0.4, 0.5) is 25.0 Å². The molecule has 0 N–H and O–H groups in total. The van der Waals surface area contributed by atoms with E-state index in [0.29, 0.717) is 5.69 Å². The van der Waals surface area contributed by atoms with Gasteiger partial charge in [-0.05, 0) is 12.1 Å². The third kappa shape index (κ3) is 2.43. The van der Waals surface area contributed by atoms with Gasteiger partial charge in [0.05, 0.1) is 30.2 Å². The van der Waals surface area contributed by atoms with Crippen LogP contribution in [0.2, 0.25) is 0 Å². The highest BCUT2D eigenvalue weighted by Crippen LogP contribution is 2.34. The number of aromatic nitrogens is 1. The Labute approximate surface area is 147 Å². The molecule has 4 rings (SSSR count). The largest absolute Gasteiger partial charge is 0.330 e. The van der Waals surface area contributed by atoms with E-state index in [9.17, 15) is 18.8 Å². The van der Waals surface area contributed by atoms with E-state index in [1.807, 2.05) is 24.3 Å². The fraction of sp³-hybridized carbons (Fsp3) is 0.105. The van der Waals surface area contributed by atoms with Crippen molar-refractivity contribution in [1.82, 2.24) is 4.98 Å². The molecule has 2 aromatic carbocycles. The maximum Gasteiger partial charge on any atom is 0.330 e. The number of fused-ring (bicyclic) bond motifs is 1. The van der Waals surface area contributed by atoms with Crippen LogP contribution in [-0.4, -0.2) is 23.6 Å². The Bertz CT molecular complexity index is 1060. The Kier molecular flexibility index (Phi) is 3.73. The molecule has 0 spiro atoms. The normalized spacial score (nSPS) is 17.0. The molecule has 1 aromatic heterocycles. The Morgan fingerprint density at radius 1 is 1.12 bits per heavy atom. The molecule has 1 saturated heterocycles. The van der Waals surface area contributed by atoms with Gasteiger partial charge >= 0.3 is 6.03 Å². The van der Waals surface area contributed by atoms with Crippen molar-refractivity contribution in [3.05, 3.63) is 66.5 Å². The number of hydrogen-bond donors (Lipinski definition) is 0. The summed E-state index contributed by atoms with van der Waals surface area (Å²) in [6, 6.07) is 10.8. The highest BCUT2D eigenvalue weighted by molar-refractivity contribution is 6.11. The molecule has 7 heteroatoms. The van der Waals surface area contributed by atoms with Crippen molar-refractivity contribution in [2.24, 2.45) is 0 Å². The van der Waals surface area contributed by atoms with Crippen molar-refractivity contribution in [1.29, 1.82) is 5.26 Å². The summed E-state index contributed by atoms with van der Waals surface area (Å²) in [4.78, 5) is 19.5. The molecule has 2 amide bonds. The molecule has 0 aliphatic carbocycles. The van der Waals surface area contributed by atoms with Crippen molar-refractivity contribution in [3.8, 4) is 6.07 Å². The first kappa shape index (κ1) is 16.0. The number of anilines is 2. The zero-order valence-electron chi connectivity index (χ0n) is 13.4. The van der Waals surface area contributed by atoms with Crippen molar-refractivity contribution >= 4 is 28.2 Å². The number of halogens is 2. The number of hydrogen-bond acceptors (Lipinski definition) is 3. The van der Waals surface area contributed by atoms with E-state index in [0.717, 1.165) is 33.9 Å². The molecule has 0 saturated carbocycles. The summed E-state index contributed by atoms with van der Waals surface area (Å²) in [5.74, 6) is -1.39. The molecular formula is C19H12F2N4O. The molecule has 0 bridgehead atoms. The minimum absolute atomic E-state index is 0.0705. The lowest BCUT2D eigenvalue weighted by molar-refractivity contribution is 0.255. The lowest BCUT2D eigenvalue weighted by atomic mass is 10.1. The molecule has 0 radical (unpaired) electrons. The summed E-state index contributed by atoms with van der Waals surface area (Å²) >= 11 is 0. The highest BCUT2D eigenvalue weighted by atomic mass is 19.1. The monoisotopic (exact) mass is 350 g/mol. The summed E-state index contributed by atoms with van der Waals surface area (Å²) in [6.45, 7) is -0.0705. The van der Waals surface area contributed by atoms with Gasteiger partial charge in [-0.25, -0.2) is 13.6 Å². The summed E-state index contributed by atoms with van der Waals surface area (Å²) < 4.78 is 27.7. The highest BCUT2D eigenvalue weighted by Gasteiger charge is 2.41. The number of nitriles is 1. The van der Waals surface area contributed by atoms with E-state index in [1.54, 1.807) is 6.20 Å². The Hall–Kier alpha value is -3.53. The molecule has 0 unspecified atom stereocenters. The van der Waals surface area contributed by atoms with E-state index in [-0.39, 0.29) is 12.2 Å². The summed E-state index contributed by atoms with van der Waals surface area (Å²) in [5.41, 5.74) is 0.268. The molecule has 1 fully saturated rings. The van der Waals surface area contributed by atoms with Crippen LogP contribution in [0.5, 0.6) is 0 Å². The minimum Gasteiger partial charge on any atom is -0.288 e. The minimum atomic E-state index is -0.849. The van der Waals surface area contributed by atoms with Gasteiger partial charge in [-0.2, -0.15) is 5.26 Å². The lowest BCUT2D eigenvalue weighted by Gasteiger charge is -2.21. The summed E-state index contributed by atoms with van der Waals surface area (Å²) in [6.07, 6.45) is 3.15. The first-order chi connectivity index (χ1) is 12.6. The fourth-order valence-electron chi connectivity index (χ4n) is 3.15. The van der Waals surface area contributed by atoms with Crippen LogP contribution in [0.15, 0.2) is 54.9 Å². The molecule has 5 nitrogen and oxygen atoms in total. The molecule has 1 aliphatic rings. The van der Waals surface area contributed by atoms with E-state index in [1.165, 1.54) is 11.1 Å². The van der Waals surface area contributed by atoms with Crippen LogP contribution >= 0.6 is 0 Å². The van der Waals surface area contributed by atoms with Gasteiger partial charge in [-0.3, -0.25) is 14.8 Å². The quantitative estimate of drug-likeness (QED) is 0.705. The second-order valence-electron chi connectivity index (χ2n) is 5.88. The van der Waals surface area contributed by atoms with E-state index >= 15 is 0 Å². The second kappa shape index (κ2) is 6.08. The third-order valence-electron chi connectivity index (χ3n) is 4.36. The van der Waals surface area contributed by atoms with Crippen LogP contribution < -0.4 is 9.80 Å². The predicted octanol–water partition coefficient (Wildman–Crippen LogP) is 3.85.